The van der Waals surface area contributed by atoms with E-state index < -0.39 is 64.4 Å². The average molecular weight is 1200 g/mol. The van der Waals surface area contributed by atoms with Crippen LogP contribution < -0.4 is 25.8 Å². The summed E-state index contributed by atoms with van der Waals surface area (Å²) in [4.78, 5) is 91.2. The molecule has 85 heavy (non-hydrogen) atoms. The quantitative estimate of drug-likeness (QED) is 0.0402. The number of thiazole rings is 1. The molecule has 3 saturated heterocycles. The molecular formula is C62H78F5N11O6S. The van der Waals surface area contributed by atoms with Crippen LogP contribution >= 0.6 is 11.3 Å². The Morgan fingerprint density at radius 3 is 2.02 bits per heavy atom. The lowest BCUT2D eigenvalue weighted by Gasteiger charge is -2.44. The number of likely N-dealkylation sites (tertiary alicyclic amines) is 1. The normalized spacial score (nSPS) is 19.0. The van der Waals surface area contributed by atoms with Crippen molar-refractivity contribution in [2.45, 2.75) is 149 Å². The van der Waals surface area contributed by atoms with Gasteiger partial charge in [0, 0.05) is 107 Å². The Labute approximate surface area is 497 Å². The number of halogens is 5. The summed E-state index contributed by atoms with van der Waals surface area (Å²) in [5.41, 5.74) is 2.39. The highest BCUT2D eigenvalue weighted by atomic mass is 32.1. The van der Waals surface area contributed by atoms with E-state index in [0.29, 0.717) is 58.1 Å². The number of aliphatic hydroxyl groups excluding tert-OH is 1. The van der Waals surface area contributed by atoms with Crippen LogP contribution in [0.1, 0.15) is 126 Å². The van der Waals surface area contributed by atoms with Crippen molar-refractivity contribution in [2.24, 2.45) is 5.41 Å². The molecular weight excluding hydrogens is 1120 g/mol. The van der Waals surface area contributed by atoms with E-state index in [9.17, 15) is 46.6 Å². The van der Waals surface area contributed by atoms with Crippen molar-refractivity contribution in [1.29, 1.82) is 0 Å². The summed E-state index contributed by atoms with van der Waals surface area (Å²) in [6.07, 6.45) is 3.62. The van der Waals surface area contributed by atoms with Crippen LogP contribution in [0, 0.1) is 24.0 Å². The molecule has 4 N–H and O–H groups in total. The molecule has 3 aliphatic heterocycles. The van der Waals surface area contributed by atoms with E-state index in [-0.39, 0.29) is 84.3 Å². The third-order valence-corrected chi connectivity index (χ3v) is 17.4. The Morgan fingerprint density at radius 1 is 0.776 bits per heavy atom. The fourth-order valence-electron chi connectivity index (χ4n) is 11.3. The second kappa shape index (κ2) is 27.9. The fourth-order valence-corrected chi connectivity index (χ4v) is 12.1. The second-order valence-electron chi connectivity index (χ2n) is 23.8. The molecule has 0 unspecified atom stereocenters. The van der Waals surface area contributed by atoms with Crippen LogP contribution in [-0.2, 0) is 31.9 Å². The maximum Gasteiger partial charge on any atom is 0.417 e. The monoisotopic (exact) mass is 1200 g/mol. The summed E-state index contributed by atoms with van der Waals surface area (Å²) in [6.45, 7) is 14.5. The first-order chi connectivity index (χ1) is 40.4. The number of anilines is 3. The molecule has 0 saturated carbocycles. The number of carbonyl (C=O) groups is 5. The summed E-state index contributed by atoms with van der Waals surface area (Å²) >= 11 is 1.56. The number of hydrogen-bond donors (Lipinski definition) is 4. The van der Waals surface area contributed by atoms with Crippen molar-refractivity contribution in [3.05, 3.63) is 107 Å². The number of aliphatic hydroxyl groups is 1. The van der Waals surface area contributed by atoms with E-state index in [2.05, 4.69) is 35.8 Å². The molecule has 0 bridgehead atoms. The first kappa shape index (κ1) is 63.9. The maximum absolute atomic E-state index is 16.2. The molecule has 3 aliphatic rings. The predicted octanol–water partition coefficient (Wildman–Crippen LogP) is 9.62. The largest absolute Gasteiger partial charge is 0.417 e. The van der Waals surface area contributed by atoms with Crippen LogP contribution in [0.2, 0.25) is 0 Å². The molecule has 8 rings (SSSR count). The van der Waals surface area contributed by atoms with Crippen LogP contribution in [0.4, 0.5) is 39.3 Å². The second-order valence-corrected chi connectivity index (χ2v) is 24.7. The van der Waals surface area contributed by atoms with Crippen molar-refractivity contribution in [3.63, 3.8) is 0 Å². The number of rotatable bonds is 21. The number of nitrogens with one attached hydrogen (secondary N) is 3. The highest BCUT2D eigenvalue weighted by molar-refractivity contribution is 7.13. The first-order valence-corrected chi connectivity index (χ1v) is 30.1. The fraction of sp³-hybridized carbons (Fsp3) is 0.516. The number of unbranched alkanes of at least 4 members (excludes halogenated alkanes) is 6. The summed E-state index contributed by atoms with van der Waals surface area (Å²) < 4.78 is 72.1. The van der Waals surface area contributed by atoms with Gasteiger partial charge >= 0.3 is 6.18 Å². The van der Waals surface area contributed by atoms with E-state index in [4.69, 9.17) is 0 Å². The SMILES string of the molecule is Cc1ncsc1-c1ccc(CNC(=O)[C@@H]2C[C@@H](O)CN2C(=O)[C@@H](NC(=O)CCCCCCCCCC(=O)N2CCN(c3ncc(-c4cc(NC(=O)c5ccc(F)cc5C(F)(F)F)c(N5C[C@@H](C)N(C)[C@@H](C)C5)cc4F)cn3)CC2)C(C)(C)C)cc1. The first-order valence-electron chi connectivity index (χ1n) is 29.2. The van der Waals surface area contributed by atoms with Crippen molar-refractivity contribution in [1.82, 2.24) is 40.3 Å². The van der Waals surface area contributed by atoms with Crippen molar-refractivity contribution >= 4 is 58.2 Å². The van der Waals surface area contributed by atoms with E-state index in [1.54, 1.807) is 16.8 Å². The third-order valence-electron chi connectivity index (χ3n) is 16.4. The maximum atomic E-state index is 16.2. The number of hydrogen-bond acceptors (Lipinski definition) is 13. The lowest BCUT2D eigenvalue weighted by Crippen LogP contribution is -2.57. The zero-order chi connectivity index (χ0) is 61.3. The Morgan fingerprint density at radius 2 is 1.41 bits per heavy atom. The number of piperazine rings is 2. The minimum atomic E-state index is -5.02. The molecule has 2 aromatic heterocycles. The topological polar surface area (TPSA) is 197 Å². The van der Waals surface area contributed by atoms with Crippen LogP contribution in [-0.4, -0.2) is 147 Å². The molecule has 3 aromatic carbocycles. The van der Waals surface area contributed by atoms with Crippen molar-refractivity contribution in [3.8, 4) is 21.6 Å². The van der Waals surface area contributed by atoms with Gasteiger partial charge in [-0.25, -0.2) is 23.7 Å². The van der Waals surface area contributed by atoms with Gasteiger partial charge in [0.2, 0.25) is 29.6 Å². The lowest BCUT2D eigenvalue weighted by molar-refractivity contribution is -0.144. The van der Waals surface area contributed by atoms with Crippen LogP contribution in [0.15, 0.2) is 72.5 Å². The Balaban J connectivity index is 0.745. The molecule has 5 aromatic rings. The van der Waals surface area contributed by atoms with E-state index >= 15 is 4.39 Å². The van der Waals surface area contributed by atoms with Gasteiger partial charge in [-0.05, 0) is 87.5 Å². The molecule has 0 spiro atoms. The van der Waals surface area contributed by atoms with Gasteiger partial charge in [0.05, 0.1) is 44.7 Å². The molecule has 0 radical (unpaired) electrons. The lowest BCUT2D eigenvalue weighted by atomic mass is 9.85. The number of benzene rings is 3. The number of nitrogens with zero attached hydrogens (tertiary/aromatic N) is 8. The highest BCUT2D eigenvalue weighted by Gasteiger charge is 2.45. The summed E-state index contributed by atoms with van der Waals surface area (Å²) in [5.74, 6) is -3.54. The molecule has 5 atom stereocenters. The summed E-state index contributed by atoms with van der Waals surface area (Å²) in [7, 11) is 1.97. The summed E-state index contributed by atoms with van der Waals surface area (Å²) in [6, 6.07) is 10.5. The number of aromatic nitrogens is 3. The third kappa shape index (κ3) is 16.3. The minimum Gasteiger partial charge on any atom is -0.391 e. The predicted molar refractivity (Wildman–Crippen MR) is 318 cm³/mol. The van der Waals surface area contributed by atoms with Gasteiger partial charge < -0.3 is 40.7 Å². The van der Waals surface area contributed by atoms with Gasteiger partial charge in [-0.2, -0.15) is 13.2 Å². The van der Waals surface area contributed by atoms with Gasteiger partial charge in [-0.1, -0.05) is 77.1 Å². The Kier molecular flexibility index (Phi) is 21.0. The van der Waals surface area contributed by atoms with Gasteiger partial charge in [-0.3, -0.25) is 28.9 Å². The van der Waals surface area contributed by atoms with Gasteiger partial charge in [0.25, 0.3) is 5.91 Å². The highest BCUT2D eigenvalue weighted by Crippen LogP contribution is 2.38. The van der Waals surface area contributed by atoms with Gasteiger partial charge in [0.1, 0.15) is 23.7 Å². The van der Waals surface area contributed by atoms with Gasteiger partial charge in [-0.15, -0.1) is 11.3 Å². The van der Waals surface area contributed by atoms with Crippen LogP contribution in [0.3, 0.4) is 0 Å². The molecule has 458 valence electrons. The van der Waals surface area contributed by atoms with E-state index in [1.165, 1.54) is 29.4 Å². The molecule has 17 nitrogen and oxygen atoms in total. The van der Waals surface area contributed by atoms with E-state index in [1.807, 2.05) is 87.6 Å². The Hall–Kier alpha value is -7.11. The Bertz CT molecular complexity index is 3140. The number of alkyl halides is 3. The average Bonchev–Trinajstić information content (AvgIpc) is 1.97. The van der Waals surface area contributed by atoms with E-state index in [0.717, 1.165) is 72.4 Å². The molecule has 5 amide bonds. The molecule has 0 aliphatic carbocycles. The van der Waals surface area contributed by atoms with Crippen molar-refractivity contribution in [2.75, 3.05) is 68.0 Å². The smallest absolute Gasteiger partial charge is 0.391 e. The number of β-amino-alcohol motifs (C(OH)–C–C–N with tert-alkyl or cyclic N) is 1. The van der Waals surface area contributed by atoms with Gasteiger partial charge in [0.15, 0.2) is 0 Å². The molecule has 3 fully saturated rings. The zero-order valence-corrected chi connectivity index (χ0v) is 50.2. The number of carbonyl (C=O) groups excluding carboxylic acids is 5. The molecule has 5 heterocycles. The summed E-state index contributed by atoms with van der Waals surface area (Å²) in [5, 5.41) is 19.1. The minimum absolute atomic E-state index is 0.00473. The standard InChI is InChI=1S/C62H78F5N11O6S/c1-38-34-77(35-39(2)74(38)7)51-30-49(64)47(29-50(51)72-57(82)46-22-21-44(63)27-48(46)62(65,66)67)43-32-69-60(70-33-43)76-25-23-75(24-26-76)54(81)16-14-12-10-8-9-11-13-15-53(80)73-56(61(4,5)6)59(84)78-36-45(79)28-52(78)58(83)68-31-41-17-19-42(20-18-41)55-40(3)71-37-85-55/h17-22,27,29-30,32-33,37-39,45,52,56,79H,8-16,23-26,28,31,34-36H2,1-7H3,(H,68,83)(H,72,82)(H,73,80)/t38-,39+,45-,52+,56-/m1/s1. The van der Waals surface area contributed by atoms with Crippen molar-refractivity contribution < 1.29 is 51.0 Å². The zero-order valence-electron chi connectivity index (χ0n) is 49.4. The molecule has 23 heteroatoms. The van der Waals surface area contributed by atoms with Crippen LogP contribution in [0.5, 0.6) is 0 Å². The number of likely N-dealkylation sites (N-methyl/N-ethyl adjacent to an activating group) is 1. The van der Waals surface area contributed by atoms with Crippen LogP contribution in [0.25, 0.3) is 21.6 Å². The number of amides is 5. The number of aryl methyl sites for hydroxylation is 1.